The Bertz CT molecular complexity index is 1360. The first-order valence-corrected chi connectivity index (χ1v) is 12.5. The molecule has 4 rings (SSSR count). The largest absolute Gasteiger partial charge is 0.416 e. The van der Waals surface area contributed by atoms with Crippen LogP contribution in [0.25, 0.3) is 0 Å². The van der Waals surface area contributed by atoms with Crippen molar-refractivity contribution in [1.29, 1.82) is 0 Å². The van der Waals surface area contributed by atoms with Crippen LogP contribution in [0, 0.1) is 5.82 Å². The molecular formula is C26H20F4IN5O. The summed E-state index contributed by atoms with van der Waals surface area (Å²) in [4.78, 5) is 25.6. The molecule has 2 N–H and O–H groups in total. The lowest BCUT2D eigenvalue weighted by molar-refractivity contribution is -0.137. The molecule has 0 fully saturated rings. The molecule has 0 aliphatic rings. The molecule has 0 unspecified atom stereocenters. The maximum atomic E-state index is 14.7. The summed E-state index contributed by atoms with van der Waals surface area (Å²) in [6.45, 7) is 0. The average molecular weight is 621 g/mol. The zero-order chi connectivity index (χ0) is 26.5. The summed E-state index contributed by atoms with van der Waals surface area (Å²) in [5.74, 6) is -0.973. The van der Waals surface area contributed by atoms with Gasteiger partial charge in [0, 0.05) is 29.4 Å². The van der Waals surface area contributed by atoms with E-state index in [2.05, 4.69) is 48.2 Å². The Labute approximate surface area is 223 Å². The highest BCUT2D eigenvalue weighted by molar-refractivity contribution is 14.1. The van der Waals surface area contributed by atoms with E-state index in [1.807, 2.05) is 0 Å². The van der Waals surface area contributed by atoms with Crippen LogP contribution in [0.3, 0.4) is 0 Å². The van der Waals surface area contributed by atoms with Gasteiger partial charge in [-0.25, -0.2) is 14.2 Å². The first-order chi connectivity index (χ1) is 17.7. The fourth-order valence-corrected chi connectivity index (χ4v) is 4.33. The monoisotopic (exact) mass is 621 g/mol. The van der Waals surface area contributed by atoms with Crippen molar-refractivity contribution in [2.45, 2.75) is 22.6 Å². The lowest BCUT2D eigenvalue weighted by atomic mass is 9.79. The van der Waals surface area contributed by atoms with E-state index >= 15 is 0 Å². The van der Waals surface area contributed by atoms with Crippen LogP contribution >= 0.6 is 22.6 Å². The van der Waals surface area contributed by atoms with Crippen molar-refractivity contribution >= 4 is 34.4 Å². The number of amides is 2. The molecule has 0 radical (unpaired) electrons. The molecule has 0 bridgehead atoms. The van der Waals surface area contributed by atoms with Crippen molar-refractivity contribution in [2.75, 3.05) is 5.32 Å². The van der Waals surface area contributed by atoms with Crippen LogP contribution < -0.4 is 10.6 Å². The molecule has 0 spiro atoms. The highest BCUT2D eigenvalue weighted by Crippen LogP contribution is 2.37. The molecular weight excluding hydrogens is 601 g/mol. The third-order valence-corrected chi connectivity index (χ3v) is 6.46. The Morgan fingerprint density at radius 1 is 0.892 bits per heavy atom. The second-order valence-electron chi connectivity index (χ2n) is 8.15. The number of nitrogens with zero attached hydrogens (tertiary/aromatic N) is 3. The highest BCUT2D eigenvalue weighted by Gasteiger charge is 2.41. The summed E-state index contributed by atoms with van der Waals surface area (Å²) in [6.07, 6.45) is 0.866. The minimum absolute atomic E-state index is 0.0148. The fraction of sp³-hybridized carbons (Fsp3) is 0.154. The number of pyridine rings is 1. The zero-order valence-electron chi connectivity index (χ0n) is 19.1. The van der Waals surface area contributed by atoms with Gasteiger partial charge in [-0.2, -0.15) is 13.2 Å². The van der Waals surface area contributed by atoms with E-state index < -0.39 is 29.1 Å². The number of hydrogen-bond acceptors (Lipinski definition) is 4. The minimum atomic E-state index is -4.81. The summed E-state index contributed by atoms with van der Waals surface area (Å²) in [7, 11) is 0. The van der Waals surface area contributed by atoms with Gasteiger partial charge in [0.15, 0.2) is 5.82 Å². The Morgan fingerprint density at radius 2 is 1.65 bits per heavy atom. The zero-order valence-corrected chi connectivity index (χ0v) is 21.3. The van der Waals surface area contributed by atoms with E-state index in [0.717, 1.165) is 17.7 Å². The summed E-state index contributed by atoms with van der Waals surface area (Å²) < 4.78 is 56.5. The number of alkyl halides is 4. The number of anilines is 1. The quantitative estimate of drug-likeness (QED) is 0.145. The second-order valence-corrected chi connectivity index (χ2v) is 8.91. The Morgan fingerprint density at radius 3 is 2.27 bits per heavy atom. The van der Waals surface area contributed by atoms with Gasteiger partial charge in [0.25, 0.3) is 0 Å². The standard InChI is InChI=1S/C26H20F4IN5O/c27-21-11-19(10-20(12-21)26(28,29)30)25(13-17-4-2-1-3-5-17,22-7-6-18(14-31)15-34-22)36-24(37)35-23-16-32-8-9-33-23/h1-12,15-16H,13-14H2,(H2,33,35,36,37)/t25-/m1/s1. The molecule has 0 aliphatic carbocycles. The van der Waals surface area contributed by atoms with Crippen LogP contribution in [0.2, 0.25) is 0 Å². The molecule has 1 atom stereocenters. The molecule has 6 nitrogen and oxygen atoms in total. The fourth-order valence-electron chi connectivity index (χ4n) is 3.88. The third-order valence-electron chi connectivity index (χ3n) is 5.58. The normalized spacial score (nSPS) is 13.0. The van der Waals surface area contributed by atoms with E-state index in [1.165, 1.54) is 18.6 Å². The minimum Gasteiger partial charge on any atom is -0.322 e. The molecule has 37 heavy (non-hydrogen) atoms. The number of halogens is 5. The first-order valence-electron chi connectivity index (χ1n) is 11.0. The Kier molecular flexibility index (Phi) is 8.00. The SMILES string of the molecule is O=C(Nc1cnccn1)N[C@](Cc1ccccc1)(c1cc(F)cc(C(F)(F)F)c1)c1ccc(CI)cn1. The third kappa shape index (κ3) is 6.40. The van der Waals surface area contributed by atoms with Gasteiger partial charge in [-0.15, -0.1) is 0 Å². The van der Waals surface area contributed by atoms with Crippen LogP contribution in [-0.2, 0) is 22.6 Å². The first kappa shape index (κ1) is 26.5. The van der Waals surface area contributed by atoms with Gasteiger partial charge in [-0.3, -0.25) is 15.3 Å². The van der Waals surface area contributed by atoms with Crippen molar-refractivity contribution in [3.63, 3.8) is 0 Å². The molecule has 0 aliphatic heterocycles. The van der Waals surface area contributed by atoms with Crippen LogP contribution in [0.4, 0.5) is 28.2 Å². The predicted octanol–water partition coefficient (Wildman–Crippen LogP) is 6.27. The average Bonchev–Trinajstić information content (AvgIpc) is 2.88. The second kappa shape index (κ2) is 11.2. The van der Waals surface area contributed by atoms with E-state index in [1.54, 1.807) is 48.7 Å². The summed E-state index contributed by atoms with van der Waals surface area (Å²) in [5, 5.41) is 5.32. The number of urea groups is 1. The molecule has 4 aromatic rings. The van der Waals surface area contributed by atoms with Gasteiger partial charge in [0.2, 0.25) is 0 Å². The van der Waals surface area contributed by atoms with E-state index in [-0.39, 0.29) is 23.5 Å². The topological polar surface area (TPSA) is 79.8 Å². The van der Waals surface area contributed by atoms with Gasteiger partial charge >= 0.3 is 12.2 Å². The molecule has 2 aromatic carbocycles. The maximum absolute atomic E-state index is 14.7. The lowest BCUT2D eigenvalue weighted by Crippen LogP contribution is -2.51. The number of aromatic nitrogens is 3. The molecule has 2 aromatic heterocycles. The number of hydrogen-bond donors (Lipinski definition) is 2. The lowest BCUT2D eigenvalue weighted by Gasteiger charge is -2.36. The van der Waals surface area contributed by atoms with Crippen LogP contribution in [-0.4, -0.2) is 21.0 Å². The number of benzene rings is 2. The molecule has 190 valence electrons. The van der Waals surface area contributed by atoms with E-state index in [4.69, 9.17) is 0 Å². The van der Waals surface area contributed by atoms with Gasteiger partial charge in [0.1, 0.15) is 11.4 Å². The Hall–Kier alpha value is -3.61. The predicted molar refractivity (Wildman–Crippen MR) is 138 cm³/mol. The van der Waals surface area contributed by atoms with Crippen LogP contribution in [0.5, 0.6) is 0 Å². The maximum Gasteiger partial charge on any atom is 0.416 e. The molecule has 2 heterocycles. The van der Waals surface area contributed by atoms with Crippen LogP contribution in [0.1, 0.15) is 27.9 Å². The summed E-state index contributed by atoms with van der Waals surface area (Å²) in [6, 6.07) is 13.7. The van der Waals surface area contributed by atoms with Crippen molar-refractivity contribution in [1.82, 2.24) is 20.3 Å². The van der Waals surface area contributed by atoms with E-state index in [0.29, 0.717) is 16.1 Å². The van der Waals surface area contributed by atoms with Crippen molar-refractivity contribution in [3.8, 4) is 0 Å². The molecule has 0 saturated carbocycles. The summed E-state index contributed by atoms with van der Waals surface area (Å²) in [5.41, 5.74) is -1.19. The number of rotatable bonds is 7. The van der Waals surface area contributed by atoms with Gasteiger partial charge in [-0.05, 0) is 41.0 Å². The van der Waals surface area contributed by atoms with E-state index in [9.17, 15) is 22.4 Å². The van der Waals surface area contributed by atoms with Gasteiger partial charge in [-0.1, -0.05) is 59.0 Å². The van der Waals surface area contributed by atoms with Gasteiger partial charge < -0.3 is 5.32 Å². The van der Waals surface area contributed by atoms with Gasteiger partial charge in [0.05, 0.1) is 17.5 Å². The summed E-state index contributed by atoms with van der Waals surface area (Å²) >= 11 is 2.16. The number of carbonyl (C=O) groups is 1. The number of carbonyl (C=O) groups excluding carboxylic acids is 1. The van der Waals surface area contributed by atoms with Crippen molar-refractivity contribution in [3.05, 3.63) is 119 Å². The molecule has 0 saturated heterocycles. The smallest absolute Gasteiger partial charge is 0.322 e. The number of nitrogens with one attached hydrogen (secondary N) is 2. The Balaban J connectivity index is 1.92. The molecule has 11 heteroatoms. The van der Waals surface area contributed by atoms with Crippen molar-refractivity contribution in [2.24, 2.45) is 0 Å². The van der Waals surface area contributed by atoms with Crippen molar-refractivity contribution < 1.29 is 22.4 Å². The molecule has 2 amide bonds. The highest BCUT2D eigenvalue weighted by atomic mass is 127. The van der Waals surface area contributed by atoms with Crippen LogP contribution in [0.15, 0.2) is 85.5 Å².